The fourth-order valence-electron chi connectivity index (χ4n) is 4.82. The van der Waals surface area contributed by atoms with Crippen molar-refractivity contribution in [1.82, 2.24) is 14.5 Å². The summed E-state index contributed by atoms with van der Waals surface area (Å²) in [6.07, 6.45) is 8.95. The summed E-state index contributed by atoms with van der Waals surface area (Å²) in [4.78, 5) is 32.3. The van der Waals surface area contributed by atoms with Gasteiger partial charge in [0, 0.05) is 31.0 Å². The number of unbranched alkanes of at least 4 members (excludes halogenated alkanes) is 2. The molecule has 3 aromatic rings. The molecule has 9 heteroatoms. The van der Waals surface area contributed by atoms with Crippen molar-refractivity contribution >= 4 is 17.4 Å². The second-order valence-electron chi connectivity index (χ2n) is 9.57. The highest BCUT2D eigenvalue weighted by Gasteiger charge is 2.46. The standard InChI is InChI=1S/C31H37N3O6/c1-4-6-7-19-40-25-14-11-23(20-26(25)39-5-2)28-27(29(35)22-9-12-24(38-3)13-10-22)30(36)31(37)34(28)17-8-16-33-18-15-32-21-33/h9-15,18,20-21,28,35H,4-8,16-17,19H2,1-3H3/b29-27+. The largest absolute Gasteiger partial charge is 0.507 e. The van der Waals surface area contributed by atoms with Crippen LogP contribution in [0.4, 0.5) is 0 Å². The number of ether oxygens (including phenoxy) is 3. The Morgan fingerprint density at radius 3 is 2.45 bits per heavy atom. The molecule has 0 saturated carbocycles. The first-order chi connectivity index (χ1) is 19.5. The van der Waals surface area contributed by atoms with Crippen LogP contribution >= 0.6 is 0 Å². The van der Waals surface area contributed by atoms with Crippen molar-refractivity contribution in [3.63, 3.8) is 0 Å². The lowest BCUT2D eigenvalue weighted by molar-refractivity contribution is -0.139. The van der Waals surface area contributed by atoms with Gasteiger partial charge in [-0.1, -0.05) is 25.8 Å². The molecule has 1 aromatic heterocycles. The third-order valence-corrected chi connectivity index (χ3v) is 6.87. The number of likely N-dealkylation sites (tertiary alicyclic amines) is 1. The summed E-state index contributed by atoms with van der Waals surface area (Å²) in [5, 5.41) is 11.4. The number of ketones is 1. The first-order valence-corrected chi connectivity index (χ1v) is 13.8. The van der Waals surface area contributed by atoms with E-state index in [0.717, 1.165) is 19.3 Å². The molecular weight excluding hydrogens is 510 g/mol. The van der Waals surface area contributed by atoms with Crippen LogP contribution in [0.2, 0.25) is 0 Å². The number of aryl methyl sites for hydroxylation is 1. The number of hydrogen-bond donors (Lipinski definition) is 1. The number of benzene rings is 2. The number of nitrogens with zero attached hydrogens (tertiary/aromatic N) is 3. The van der Waals surface area contributed by atoms with Crippen LogP contribution in [0.5, 0.6) is 17.2 Å². The third kappa shape index (κ3) is 6.47. The molecule has 0 bridgehead atoms. The Morgan fingerprint density at radius 2 is 1.77 bits per heavy atom. The van der Waals surface area contributed by atoms with Gasteiger partial charge in [-0.25, -0.2) is 4.98 Å². The van der Waals surface area contributed by atoms with Crippen molar-refractivity contribution in [3.05, 3.63) is 77.9 Å². The Hall–Kier alpha value is -4.27. The lowest BCUT2D eigenvalue weighted by Gasteiger charge is -2.26. The molecule has 1 atom stereocenters. The third-order valence-electron chi connectivity index (χ3n) is 6.87. The summed E-state index contributed by atoms with van der Waals surface area (Å²) in [6, 6.07) is 11.4. The molecule has 9 nitrogen and oxygen atoms in total. The maximum atomic E-state index is 13.4. The minimum atomic E-state index is -0.793. The minimum Gasteiger partial charge on any atom is -0.507 e. The number of methoxy groups -OCH3 is 1. The lowest BCUT2D eigenvalue weighted by Crippen LogP contribution is -2.31. The molecule has 1 amide bonds. The average molecular weight is 548 g/mol. The van der Waals surface area contributed by atoms with Gasteiger partial charge in [-0.05, 0) is 61.7 Å². The number of aliphatic hydroxyl groups is 1. The number of Topliss-reactive ketones (excluding diaryl/α,β-unsaturated/α-hetero) is 1. The van der Waals surface area contributed by atoms with Gasteiger partial charge in [-0.15, -0.1) is 0 Å². The van der Waals surface area contributed by atoms with E-state index in [1.807, 2.05) is 29.8 Å². The second-order valence-corrected chi connectivity index (χ2v) is 9.57. The molecular formula is C31H37N3O6. The fourth-order valence-corrected chi connectivity index (χ4v) is 4.82. The molecule has 0 spiro atoms. The van der Waals surface area contributed by atoms with E-state index in [9.17, 15) is 14.7 Å². The van der Waals surface area contributed by atoms with Crippen LogP contribution in [-0.4, -0.2) is 58.1 Å². The Balaban J connectivity index is 1.72. The predicted octanol–water partition coefficient (Wildman–Crippen LogP) is 5.37. The van der Waals surface area contributed by atoms with Crippen LogP contribution in [-0.2, 0) is 16.1 Å². The van der Waals surface area contributed by atoms with Crippen molar-refractivity contribution in [1.29, 1.82) is 0 Å². The van der Waals surface area contributed by atoms with Crippen LogP contribution in [0.1, 0.15) is 56.7 Å². The van der Waals surface area contributed by atoms with Crippen molar-refractivity contribution in [2.24, 2.45) is 0 Å². The number of carbonyl (C=O) groups excluding carboxylic acids is 2. The Bertz CT molecular complexity index is 1320. The van der Waals surface area contributed by atoms with E-state index in [-0.39, 0.29) is 11.3 Å². The Morgan fingerprint density at radius 1 is 0.975 bits per heavy atom. The van der Waals surface area contributed by atoms with Crippen molar-refractivity contribution in [2.45, 2.75) is 52.1 Å². The van der Waals surface area contributed by atoms with Crippen molar-refractivity contribution < 1.29 is 28.9 Å². The van der Waals surface area contributed by atoms with Crippen LogP contribution in [0.3, 0.4) is 0 Å². The number of aliphatic hydroxyl groups excluding tert-OH is 1. The quantitative estimate of drug-likeness (QED) is 0.125. The second kappa shape index (κ2) is 13.7. The monoisotopic (exact) mass is 547 g/mol. The van der Waals surface area contributed by atoms with Gasteiger partial charge >= 0.3 is 0 Å². The molecule has 1 N–H and O–H groups in total. The topological polar surface area (TPSA) is 103 Å². The number of hydrogen-bond acceptors (Lipinski definition) is 7. The molecule has 212 valence electrons. The zero-order valence-corrected chi connectivity index (χ0v) is 23.3. The summed E-state index contributed by atoms with van der Waals surface area (Å²) < 4.78 is 19.0. The van der Waals surface area contributed by atoms with Crippen molar-refractivity contribution in [2.75, 3.05) is 26.9 Å². The van der Waals surface area contributed by atoms with Crippen LogP contribution in [0, 0.1) is 0 Å². The normalized spacial score (nSPS) is 16.4. The van der Waals surface area contributed by atoms with E-state index < -0.39 is 17.7 Å². The van der Waals surface area contributed by atoms with Gasteiger partial charge < -0.3 is 28.8 Å². The van der Waals surface area contributed by atoms with E-state index in [1.165, 1.54) is 4.90 Å². The summed E-state index contributed by atoms with van der Waals surface area (Å²) in [5.41, 5.74) is 1.11. The molecule has 0 aliphatic carbocycles. The Labute approximate surface area is 235 Å². The average Bonchev–Trinajstić information content (AvgIpc) is 3.58. The van der Waals surface area contributed by atoms with Crippen LogP contribution in [0.15, 0.2) is 66.8 Å². The predicted molar refractivity (Wildman–Crippen MR) is 151 cm³/mol. The molecule has 2 aromatic carbocycles. The maximum Gasteiger partial charge on any atom is 0.295 e. The van der Waals surface area contributed by atoms with Crippen LogP contribution in [0.25, 0.3) is 5.76 Å². The number of rotatable bonds is 14. The first-order valence-electron chi connectivity index (χ1n) is 13.8. The van der Waals surface area contributed by atoms with Gasteiger partial charge in [0.05, 0.1) is 38.3 Å². The highest BCUT2D eigenvalue weighted by molar-refractivity contribution is 6.46. The SMILES string of the molecule is CCCCCOc1ccc(C2/C(=C(\O)c3ccc(OC)cc3)C(=O)C(=O)N2CCCn2ccnc2)cc1OCC. The zero-order chi connectivity index (χ0) is 28.5. The molecule has 1 saturated heterocycles. The highest BCUT2D eigenvalue weighted by atomic mass is 16.5. The highest BCUT2D eigenvalue weighted by Crippen LogP contribution is 2.42. The summed E-state index contributed by atoms with van der Waals surface area (Å²) in [7, 11) is 1.55. The number of amides is 1. The van der Waals surface area contributed by atoms with Gasteiger partial charge in [-0.2, -0.15) is 0 Å². The fraction of sp³-hybridized carbons (Fsp3) is 0.387. The smallest absolute Gasteiger partial charge is 0.295 e. The van der Waals surface area contributed by atoms with Gasteiger partial charge in [-0.3, -0.25) is 9.59 Å². The molecule has 40 heavy (non-hydrogen) atoms. The maximum absolute atomic E-state index is 13.4. The molecule has 1 aliphatic rings. The molecule has 1 aliphatic heterocycles. The van der Waals surface area contributed by atoms with E-state index in [2.05, 4.69) is 11.9 Å². The van der Waals surface area contributed by atoms with Gasteiger partial charge in [0.1, 0.15) is 11.5 Å². The Kier molecular flexibility index (Phi) is 9.83. The molecule has 0 radical (unpaired) electrons. The molecule has 1 fully saturated rings. The van der Waals surface area contributed by atoms with E-state index in [1.54, 1.807) is 50.0 Å². The van der Waals surface area contributed by atoms with Gasteiger partial charge in [0.15, 0.2) is 11.5 Å². The van der Waals surface area contributed by atoms with Gasteiger partial charge in [0.25, 0.3) is 11.7 Å². The number of aromatic nitrogens is 2. The molecule has 1 unspecified atom stereocenters. The van der Waals surface area contributed by atoms with Gasteiger partial charge in [0.2, 0.25) is 0 Å². The summed E-state index contributed by atoms with van der Waals surface area (Å²) in [5.74, 6) is 0.145. The zero-order valence-electron chi connectivity index (χ0n) is 23.3. The first kappa shape index (κ1) is 28.7. The summed E-state index contributed by atoms with van der Waals surface area (Å²) in [6.45, 7) is 5.95. The van der Waals surface area contributed by atoms with E-state index in [0.29, 0.717) is 61.1 Å². The lowest BCUT2D eigenvalue weighted by atomic mass is 9.95. The van der Waals surface area contributed by atoms with Crippen molar-refractivity contribution in [3.8, 4) is 17.2 Å². The molecule has 2 heterocycles. The summed E-state index contributed by atoms with van der Waals surface area (Å²) >= 11 is 0. The molecule has 4 rings (SSSR count). The van der Waals surface area contributed by atoms with E-state index in [4.69, 9.17) is 14.2 Å². The minimum absolute atomic E-state index is 0.0388. The number of carbonyl (C=O) groups is 2. The number of imidazole rings is 1. The van der Waals surface area contributed by atoms with Crippen LogP contribution < -0.4 is 14.2 Å². The van der Waals surface area contributed by atoms with E-state index >= 15 is 0 Å².